The third kappa shape index (κ3) is 8.82. The van der Waals surface area contributed by atoms with Gasteiger partial charge in [-0.25, -0.2) is 14.8 Å². The summed E-state index contributed by atoms with van der Waals surface area (Å²) in [6, 6.07) is 11.1. The van der Waals surface area contributed by atoms with Crippen molar-refractivity contribution in [3.63, 3.8) is 0 Å². The summed E-state index contributed by atoms with van der Waals surface area (Å²) in [5, 5.41) is 5.85. The fourth-order valence-corrected chi connectivity index (χ4v) is 4.92. The van der Waals surface area contributed by atoms with Crippen molar-refractivity contribution in [3.05, 3.63) is 70.6 Å². The Hall–Kier alpha value is -3.87. The summed E-state index contributed by atoms with van der Waals surface area (Å²) in [6.07, 6.45) is 3.30. The highest BCUT2D eigenvalue weighted by atomic mass is 35.5. The van der Waals surface area contributed by atoms with Crippen LogP contribution in [0.25, 0.3) is 0 Å². The quantitative estimate of drug-likeness (QED) is 0.329. The summed E-state index contributed by atoms with van der Waals surface area (Å²) < 4.78 is 24.0. The number of ether oxygens (including phenoxy) is 2. The van der Waals surface area contributed by atoms with Crippen LogP contribution >= 0.6 is 11.6 Å². The number of aromatic nitrogens is 2. The monoisotopic (exact) mass is 627 g/mol. The first-order valence-corrected chi connectivity index (χ1v) is 15.6. The molecular weight excluding hydrogens is 594 g/mol. The Morgan fingerprint density at radius 3 is 2.40 bits per heavy atom. The van der Waals surface area contributed by atoms with Crippen molar-refractivity contribution in [2.75, 3.05) is 30.0 Å². The molecule has 0 bridgehead atoms. The minimum atomic E-state index is -1.32. The zero-order chi connectivity index (χ0) is 31.3. The molecule has 4 rings (SSSR count). The average Bonchev–Trinajstić information content (AvgIpc) is 2.94. The molecule has 0 saturated carbocycles. The number of rotatable bonds is 7. The smallest absolute Gasteiger partial charge is 0.410 e. The van der Waals surface area contributed by atoms with E-state index in [1.165, 1.54) is 18.5 Å². The maximum absolute atomic E-state index is 13.6. The van der Waals surface area contributed by atoms with E-state index in [-0.39, 0.29) is 40.7 Å². The number of carbonyl (C=O) groups excluding carboxylic acids is 3. The highest BCUT2D eigenvalue weighted by molar-refractivity contribution is 7.90. The van der Waals surface area contributed by atoms with Gasteiger partial charge >= 0.3 is 6.09 Å². The Bertz CT molecular complexity index is 1490. The summed E-state index contributed by atoms with van der Waals surface area (Å²) in [4.78, 5) is 49.7. The summed E-state index contributed by atoms with van der Waals surface area (Å²) in [5.41, 5.74) is 0.345. The number of hydrogen-bond donors (Lipinski definition) is 2. The largest absolute Gasteiger partial charge is 0.612 e. The second-order valence-corrected chi connectivity index (χ2v) is 12.8. The second-order valence-electron chi connectivity index (χ2n) is 11.0. The van der Waals surface area contributed by atoms with Crippen molar-refractivity contribution in [3.8, 4) is 5.75 Å². The SMILES string of the molecule is Cc1ccc(NC(=O)c2ccc([S+](C)[O-])cc2OC2CCN(C(=O)OC(C)(C)C)CC2)c(C(=O)Nc2ccc(Cl)cn2)n1. The summed E-state index contributed by atoms with van der Waals surface area (Å²) in [7, 11) is 0. The first-order valence-electron chi connectivity index (χ1n) is 13.6. The van der Waals surface area contributed by atoms with E-state index in [0.29, 0.717) is 41.5 Å². The highest BCUT2D eigenvalue weighted by Crippen LogP contribution is 2.29. The summed E-state index contributed by atoms with van der Waals surface area (Å²) >= 11 is 4.57. The highest BCUT2D eigenvalue weighted by Gasteiger charge is 2.29. The van der Waals surface area contributed by atoms with E-state index in [9.17, 15) is 18.9 Å². The molecular formula is C30H34ClN5O6S. The van der Waals surface area contributed by atoms with Crippen molar-refractivity contribution in [2.24, 2.45) is 0 Å². The molecule has 1 aromatic carbocycles. The van der Waals surface area contributed by atoms with Gasteiger partial charge in [0.1, 0.15) is 29.5 Å². The van der Waals surface area contributed by atoms with Crippen LogP contribution < -0.4 is 15.4 Å². The van der Waals surface area contributed by atoms with Crippen LogP contribution in [-0.4, -0.2) is 68.4 Å². The normalized spacial score (nSPS) is 14.5. The Morgan fingerprint density at radius 2 is 1.77 bits per heavy atom. The second kappa shape index (κ2) is 13.6. The zero-order valence-corrected chi connectivity index (χ0v) is 26.2. The fourth-order valence-electron chi connectivity index (χ4n) is 4.27. The van der Waals surface area contributed by atoms with Gasteiger partial charge in [-0.15, -0.1) is 0 Å². The van der Waals surface area contributed by atoms with Crippen molar-refractivity contribution in [1.29, 1.82) is 0 Å². The van der Waals surface area contributed by atoms with E-state index in [4.69, 9.17) is 21.1 Å². The van der Waals surface area contributed by atoms with Gasteiger partial charge in [0.2, 0.25) is 0 Å². The number of nitrogens with one attached hydrogen (secondary N) is 2. The Kier molecular flexibility index (Phi) is 10.2. The van der Waals surface area contributed by atoms with Gasteiger partial charge in [0.25, 0.3) is 11.8 Å². The van der Waals surface area contributed by atoms with Gasteiger partial charge in [-0.2, -0.15) is 0 Å². The lowest BCUT2D eigenvalue weighted by molar-refractivity contribution is 0.0126. The molecule has 1 saturated heterocycles. The first-order chi connectivity index (χ1) is 20.3. The van der Waals surface area contributed by atoms with Gasteiger partial charge in [-0.1, -0.05) is 11.6 Å². The number of hydrogen-bond acceptors (Lipinski definition) is 8. The van der Waals surface area contributed by atoms with Crippen LogP contribution in [0.15, 0.2) is 53.6 Å². The van der Waals surface area contributed by atoms with Crippen LogP contribution in [0.3, 0.4) is 0 Å². The fraction of sp³-hybridized carbons (Fsp3) is 0.367. The van der Waals surface area contributed by atoms with Crippen LogP contribution in [-0.2, 0) is 15.9 Å². The van der Waals surface area contributed by atoms with E-state index in [1.54, 1.807) is 48.2 Å². The molecule has 3 heterocycles. The average molecular weight is 628 g/mol. The lowest BCUT2D eigenvalue weighted by atomic mass is 10.1. The third-order valence-electron chi connectivity index (χ3n) is 6.38. The Morgan fingerprint density at radius 1 is 1.05 bits per heavy atom. The minimum absolute atomic E-state index is 0.00614. The van der Waals surface area contributed by atoms with Crippen molar-refractivity contribution < 1.29 is 28.4 Å². The summed E-state index contributed by atoms with van der Waals surface area (Å²) in [5.74, 6) is -0.596. The number of pyridine rings is 2. The molecule has 0 aliphatic carbocycles. The molecule has 0 radical (unpaired) electrons. The van der Waals surface area contributed by atoms with Crippen molar-refractivity contribution in [1.82, 2.24) is 14.9 Å². The molecule has 1 aliphatic rings. The molecule has 0 spiro atoms. The first kappa shape index (κ1) is 32.1. The van der Waals surface area contributed by atoms with Gasteiger partial charge in [0.15, 0.2) is 10.6 Å². The van der Waals surface area contributed by atoms with Crippen LogP contribution in [0.2, 0.25) is 5.02 Å². The number of aryl methyl sites for hydroxylation is 1. The van der Waals surface area contributed by atoms with Crippen molar-refractivity contribution >= 4 is 52.2 Å². The molecule has 1 unspecified atom stereocenters. The molecule has 1 fully saturated rings. The lowest BCUT2D eigenvalue weighted by Crippen LogP contribution is -2.44. The molecule has 2 aromatic heterocycles. The number of halogens is 1. The number of nitrogens with zero attached hydrogens (tertiary/aromatic N) is 3. The van der Waals surface area contributed by atoms with Crippen LogP contribution in [0.4, 0.5) is 16.3 Å². The minimum Gasteiger partial charge on any atom is -0.612 e. The maximum atomic E-state index is 13.6. The standard InChI is InChI=1S/C30H34ClN5O6S/c1-18-6-10-23(26(33-18)28(38)35-25-11-7-19(31)17-32-25)34-27(37)22-9-8-21(43(5)40)16-24(22)41-20-12-14-36(15-13-20)29(39)42-30(2,3)4/h6-11,16-17,20H,12-15H2,1-5H3,(H,34,37)(H,32,35,38). The predicted octanol–water partition coefficient (Wildman–Crippen LogP) is 5.46. The third-order valence-corrected chi connectivity index (χ3v) is 7.53. The van der Waals surface area contributed by atoms with Gasteiger partial charge in [0, 0.05) is 43.9 Å². The lowest BCUT2D eigenvalue weighted by Gasteiger charge is -2.33. The molecule has 3 aromatic rings. The van der Waals surface area contributed by atoms with Crippen LogP contribution in [0.5, 0.6) is 5.75 Å². The van der Waals surface area contributed by atoms with Gasteiger partial charge in [-0.3, -0.25) is 9.59 Å². The number of anilines is 2. The van der Waals surface area contributed by atoms with Gasteiger partial charge in [0.05, 0.1) is 16.3 Å². The number of piperidine rings is 1. The van der Waals surface area contributed by atoms with Crippen molar-refractivity contribution in [2.45, 2.75) is 57.1 Å². The Balaban J connectivity index is 1.52. The molecule has 43 heavy (non-hydrogen) atoms. The number of amides is 3. The maximum Gasteiger partial charge on any atom is 0.410 e. The molecule has 1 atom stereocenters. The topological polar surface area (TPSA) is 146 Å². The molecule has 2 N–H and O–H groups in total. The van der Waals surface area contributed by atoms with Crippen LogP contribution in [0.1, 0.15) is 60.2 Å². The molecule has 11 nitrogen and oxygen atoms in total. The molecule has 1 aliphatic heterocycles. The number of carbonyl (C=O) groups is 3. The van der Waals surface area contributed by atoms with E-state index in [1.807, 2.05) is 20.8 Å². The molecule has 13 heteroatoms. The zero-order valence-electron chi connectivity index (χ0n) is 24.6. The summed E-state index contributed by atoms with van der Waals surface area (Å²) in [6.45, 7) is 8.03. The predicted molar refractivity (Wildman–Crippen MR) is 164 cm³/mol. The molecule has 3 amide bonds. The molecule has 228 valence electrons. The van der Waals surface area contributed by atoms with E-state index >= 15 is 0 Å². The number of likely N-dealkylation sites (tertiary alicyclic amines) is 1. The van der Waals surface area contributed by atoms with E-state index in [2.05, 4.69) is 20.6 Å². The van der Waals surface area contributed by atoms with Gasteiger partial charge < -0.3 is 29.6 Å². The van der Waals surface area contributed by atoms with E-state index in [0.717, 1.165) is 0 Å². The van der Waals surface area contributed by atoms with E-state index < -0.39 is 28.6 Å². The van der Waals surface area contributed by atoms with Gasteiger partial charge in [-0.05, 0) is 75.3 Å². The van der Waals surface area contributed by atoms with Crippen LogP contribution in [0, 0.1) is 6.92 Å². The number of benzene rings is 1. The Labute approximate surface area is 258 Å².